The van der Waals surface area contributed by atoms with Crippen molar-refractivity contribution >= 4 is 45.3 Å². The Morgan fingerprint density at radius 3 is 1.00 bits per heavy atom. The second-order valence-electron chi connectivity index (χ2n) is 0. The van der Waals surface area contributed by atoms with Crippen LogP contribution in [0, 0.1) is 0 Å². The van der Waals surface area contributed by atoms with E-state index in [9.17, 15) is 0 Å². The summed E-state index contributed by atoms with van der Waals surface area (Å²) in [5.74, 6) is 0. The molecule has 0 aromatic carbocycles. The van der Waals surface area contributed by atoms with Crippen LogP contribution < -0.4 is 0 Å². The quantitative estimate of drug-likeness (QED) is 0.351. The summed E-state index contributed by atoms with van der Waals surface area (Å²) < 4.78 is 0. The maximum atomic E-state index is 0. The summed E-state index contributed by atoms with van der Waals surface area (Å²) in [6.45, 7) is 0. The first-order valence-corrected chi connectivity index (χ1v) is 0. The minimum Gasteiger partial charge on any atom is 0 e. The molecule has 0 bridgehead atoms. The van der Waals surface area contributed by atoms with E-state index < -0.39 is 0 Å². The van der Waals surface area contributed by atoms with Crippen molar-refractivity contribution in [2.24, 2.45) is 0 Å². The largest absolute Gasteiger partial charge is 0 e. The maximum Gasteiger partial charge on any atom is 0 e. The third-order valence-electron chi connectivity index (χ3n) is 0. The van der Waals surface area contributed by atoms with E-state index in [2.05, 4.69) is 0 Å². The van der Waals surface area contributed by atoms with E-state index >= 15 is 0 Å². The molecular weight excluding hydrogens is 546 g/mol. The van der Waals surface area contributed by atoms with Crippen LogP contribution in [-0.4, -0.2) is 45.3 Å². The molecule has 0 nitrogen and oxygen atoms in total. The zero-order chi connectivity index (χ0) is 0. The number of rotatable bonds is 0. The minimum atomic E-state index is 0. The first kappa shape index (κ1) is 28.4. The molecule has 4 heavy (non-hydrogen) atoms. The summed E-state index contributed by atoms with van der Waals surface area (Å²) in [7, 11) is 0. The van der Waals surface area contributed by atoms with Gasteiger partial charge in [-0.2, -0.15) is 0 Å². The zero-order valence-electron chi connectivity index (χ0n) is 1.96. The monoisotopic (exact) mass is 548 g/mol. The first-order valence-electron chi connectivity index (χ1n) is 0. The van der Waals surface area contributed by atoms with Gasteiger partial charge in [-0.05, 0) is 0 Å². The van der Waals surface area contributed by atoms with Crippen LogP contribution in [0.4, 0.5) is 0 Å². The molecule has 0 rings (SSSR count). The van der Waals surface area contributed by atoms with Gasteiger partial charge in [-0.3, -0.25) is 0 Å². The van der Waals surface area contributed by atoms with Gasteiger partial charge in [0.2, 0.25) is 0 Å². The van der Waals surface area contributed by atoms with Gasteiger partial charge in [0.15, 0.2) is 0 Å². The Morgan fingerprint density at radius 2 is 1.00 bits per heavy atom. The van der Waals surface area contributed by atoms with Gasteiger partial charge < -0.3 is 0 Å². The van der Waals surface area contributed by atoms with Gasteiger partial charge >= 0.3 is 0 Å². The van der Waals surface area contributed by atoms with Crippen LogP contribution in [0.15, 0.2) is 0 Å². The summed E-state index contributed by atoms with van der Waals surface area (Å²) in [6, 6.07) is 0. The fourth-order valence-electron chi connectivity index (χ4n) is 0. The van der Waals surface area contributed by atoms with Gasteiger partial charge in [-0.1, -0.05) is 0 Å². The Kier molecular flexibility index (Phi) is 119. The molecule has 0 heterocycles. The molecule has 0 saturated carbocycles. The second-order valence-corrected chi connectivity index (χ2v) is 0. The van der Waals surface area contributed by atoms with Gasteiger partial charge in [0.05, 0.1) is 0 Å². The minimum absolute atomic E-state index is 0. The van der Waals surface area contributed by atoms with Crippen LogP contribution in [-0.2, 0) is 44.7 Å². The SMILES string of the molecule is [As].[Cu].[Hg].[Pb]. The normalized spacial score (nSPS) is 0. The van der Waals surface area contributed by atoms with Gasteiger partial charge in [0.1, 0.15) is 0 Å². The Balaban J connectivity index is 0. The summed E-state index contributed by atoms with van der Waals surface area (Å²) in [5, 5.41) is 0. The average Bonchev–Trinajstić information content (AvgIpc) is 0. The van der Waals surface area contributed by atoms with Crippen LogP contribution in [0.1, 0.15) is 0 Å². The molecule has 8 radical (unpaired) electrons. The summed E-state index contributed by atoms with van der Waals surface area (Å²) >= 11 is 0. The van der Waals surface area contributed by atoms with Crippen molar-refractivity contribution < 1.29 is 44.7 Å². The van der Waals surface area contributed by atoms with Crippen LogP contribution in [0.2, 0.25) is 0 Å². The van der Waals surface area contributed by atoms with Crippen molar-refractivity contribution in [1.29, 1.82) is 0 Å². The molecule has 0 aliphatic heterocycles. The van der Waals surface area contributed by atoms with Gasteiger partial charge in [-0.25, -0.2) is 0 Å². The molecule has 0 aliphatic rings. The molecule has 0 aliphatic carbocycles. The summed E-state index contributed by atoms with van der Waals surface area (Å²) in [6.07, 6.45) is 0. The van der Waals surface area contributed by atoms with Crippen LogP contribution in [0.5, 0.6) is 0 Å². The fraction of sp³-hybridized carbons (Fsp3) is 0. The maximum absolute atomic E-state index is 0. The summed E-state index contributed by atoms with van der Waals surface area (Å²) in [4.78, 5) is 0. The van der Waals surface area contributed by atoms with Crippen LogP contribution in [0.25, 0.3) is 0 Å². The average molecular weight is 546 g/mol. The van der Waals surface area contributed by atoms with Crippen molar-refractivity contribution in [1.82, 2.24) is 0 Å². The molecule has 0 unspecified atom stereocenters. The molecule has 0 aromatic heterocycles. The van der Waals surface area contributed by atoms with Crippen molar-refractivity contribution in [3.63, 3.8) is 0 Å². The van der Waals surface area contributed by atoms with Crippen molar-refractivity contribution in [2.45, 2.75) is 0 Å². The Hall–Kier alpha value is 2.94. The third-order valence-corrected chi connectivity index (χ3v) is 0. The third kappa shape index (κ3) is 8.87. The number of hydrogen-bond acceptors (Lipinski definition) is 0. The van der Waals surface area contributed by atoms with Crippen LogP contribution >= 0.6 is 0 Å². The Bertz CT molecular complexity index is 8.00. The Morgan fingerprint density at radius 1 is 1.00 bits per heavy atom. The number of hydrogen-bond donors (Lipinski definition) is 0. The molecule has 4 heteroatoms. The standard InChI is InChI=1S/As.Cu.Hg.Pb. The molecule has 0 N–H and O–H groups in total. The van der Waals surface area contributed by atoms with E-state index in [1.165, 1.54) is 0 Å². The van der Waals surface area contributed by atoms with Gasteiger partial charge in [-0.15, -0.1) is 0 Å². The molecule has 0 aromatic rings. The van der Waals surface area contributed by atoms with E-state index in [1.54, 1.807) is 0 Å². The van der Waals surface area contributed by atoms with E-state index in [0.717, 1.165) is 0 Å². The molecular formula is AsCuHgPb. The van der Waals surface area contributed by atoms with E-state index in [0.29, 0.717) is 0 Å². The Labute approximate surface area is 88.3 Å². The topological polar surface area (TPSA) is 0 Å². The van der Waals surface area contributed by atoms with Crippen LogP contribution in [0.3, 0.4) is 0 Å². The predicted molar refractivity (Wildman–Crippen MR) is 11.5 cm³/mol. The van der Waals surface area contributed by atoms with Gasteiger partial charge in [0, 0.05) is 90.0 Å². The molecule has 0 atom stereocenters. The molecule has 0 saturated heterocycles. The smallest absolute Gasteiger partial charge is 0 e. The molecule has 0 amide bonds. The van der Waals surface area contributed by atoms with Gasteiger partial charge in [0.25, 0.3) is 0 Å². The fourth-order valence-corrected chi connectivity index (χ4v) is 0. The molecule has 22 valence electrons. The van der Waals surface area contributed by atoms with Crippen molar-refractivity contribution in [2.75, 3.05) is 0 Å². The predicted octanol–water partition coefficient (Wildman–Crippen LogP) is -0.767. The van der Waals surface area contributed by atoms with E-state index in [-0.39, 0.29) is 90.0 Å². The second kappa shape index (κ2) is 16.8. The van der Waals surface area contributed by atoms with Crippen molar-refractivity contribution in [3.05, 3.63) is 0 Å². The van der Waals surface area contributed by atoms with Crippen molar-refractivity contribution in [3.8, 4) is 0 Å². The van der Waals surface area contributed by atoms with E-state index in [4.69, 9.17) is 0 Å². The molecule has 0 fully saturated rings. The molecule has 0 spiro atoms. The zero-order valence-corrected chi connectivity index (χ0v) is 14.2. The first-order chi connectivity index (χ1) is 0. The summed E-state index contributed by atoms with van der Waals surface area (Å²) in [5.41, 5.74) is 0. The van der Waals surface area contributed by atoms with E-state index in [1.807, 2.05) is 0 Å².